The largest absolute Gasteiger partial charge is 0.383 e. The van der Waals surface area contributed by atoms with Gasteiger partial charge in [-0.25, -0.2) is 0 Å². The molecule has 23 heavy (non-hydrogen) atoms. The van der Waals surface area contributed by atoms with Crippen molar-refractivity contribution in [2.24, 2.45) is 10.4 Å². The molecule has 2 aliphatic carbocycles. The van der Waals surface area contributed by atoms with Gasteiger partial charge in [-0.3, -0.25) is 4.99 Å². The first-order valence-electron chi connectivity index (χ1n) is 8.84. The second kappa shape index (κ2) is 10.0. The number of ether oxygens (including phenoxy) is 2. The molecule has 0 heterocycles. The van der Waals surface area contributed by atoms with E-state index in [1.165, 1.54) is 25.7 Å². The summed E-state index contributed by atoms with van der Waals surface area (Å²) in [6.07, 6.45) is 6.74. The first-order chi connectivity index (χ1) is 10.7. The van der Waals surface area contributed by atoms with Crippen LogP contribution in [0.5, 0.6) is 0 Å². The minimum atomic E-state index is 0. The van der Waals surface area contributed by atoms with Crippen molar-refractivity contribution in [1.82, 2.24) is 10.6 Å². The van der Waals surface area contributed by atoms with Gasteiger partial charge >= 0.3 is 0 Å². The molecule has 2 saturated carbocycles. The van der Waals surface area contributed by atoms with Gasteiger partial charge in [0.1, 0.15) is 0 Å². The Morgan fingerprint density at radius 2 is 2.00 bits per heavy atom. The lowest BCUT2D eigenvalue weighted by Crippen LogP contribution is -2.65. The summed E-state index contributed by atoms with van der Waals surface area (Å²) in [5, 5.41) is 7.11. The van der Waals surface area contributed by atoms with Gasteiger partial charge in [0.15, 0.2) is 5.96 Å². The number of nitrogens with one attached hydrogen (secondary N) is 2. The molecule has 0 bridgehead atoms. The highest BCUT2D eigenvalue weighted by Crippen LogP contribution is 2.54. The summed E-state index contributed by atoms with van der Waals surface area (Å²) in [6, 6.07) is 0.740. The van der Waals surface area contributed by atoms with Crippen LogP contribution in [-0.4, -0.2) is 51.0 Å². The predicted molar refractivity (Wildman–Crippen MR) is 106 cm³/mol. The normalized spacial score (nSPS) is 27.2. The number of halogens is 1. The van der Waals surface area contributed by atoms with Gasteiger partial charge in [-0.2, -0.15) is 0 Å². The van der Waals surface area contributed by atoms with Crippen LogP contribution in [-0.2, 0) is 9.47 Å². The van der Waals surface area contributed by atoms with E-state index in [-0.39, 0.29) is 30.0 Å². The van der Waals surface area contributed by atoms with Crippen molar-refractivity contribution in [3.63, 3.8) is 0 Å². The number of aliphatic imine (C=N–C) groups is 1. The van der Waals surface area contributed by atoms with Crippen LogP contribution in [0.1, 0.15) is 52.9 Å². The number of methoxy groups -OCH3 is 1. The summed E-state index contributed by atoms with van der Waals surface area (Å²) in [7, 11) is 1.73. The van der Waals surface area contributed by atoms with Crippen LogP contribution >= 0.6 is 24.0 Å². The van der Waals surface area contributed by atoms with Crippen LogP contribution in [0, 0.1) is 5.41 Å². The standard InChI is InChI=1S/C17H33N3O2.HI/c1-5-18-16(19-13(3)12-21-4)20-14-11-15(22-6-2)17(14)9-7-8-10-17;/h13-15H,5-12H2,1-4H3,(H2,18,19,20);1H. The second-order valence-electron chi connectivity index (χ2n) is 6.64. The molecule has 1 spiro atoms. The van der Waals surface area contributed by atoms with Crippen molar-refractivity contribution in [2.75, 3.05) is 26.9 Å². The number of nitrogens with zero attached hydrogens (tertiary/aromatic N) is 1. The average molecular weight is 439 g/mol. The molecule has 0 radical (unpaired) electrons. The maximum atomic E-state index is 5.99. The van der Waals surface area contributed by atoms with Gasteiger partial charge in [0, 0.05) is 37.8 Å². The molecule has 136 valence electrons. The van der Waals surface area contributed by atoms with E-state index in [4.69, 9.17) is 9.47 Å². The Morgan fingerprint density at radius 1 is 1.30 bits per heavy atom. The molecular formula is C17H34IN3O2. The summed E-state index contributed by atoms with van der Waals surface area (Å²) >= 11 is 0. The van der Waals surface area contributed by atoms with Gasteiger partial charge in [-0.05, 0) is 40.0 Å². The third-order valence-corrected chi connectivity index (χ3v) is 5.11. The molecule has 2 aliphatic rings. The van der Waals surface area contributed by atoms with Crippen molar-refractivity contribution in [1.29, 1.82) is 0 Å². The van der Waals surface area contributed by atoms with Crippen molar-refractivity contribution in [2.45, 2.75) is 71.1 Å². The molecule has 0 aliphatic heterocycles. The third-order valence-electron chi connectivity index (χ3n) is 5.11. The quantitative estimate of drug-likeness (QED) is 0.364. The zero-order valence-electron chi connectivity index (χ0n) is 15.1. The monoisotopic (exact) mass is 439 g/mol. The Labute approximate surface area is 158 Å². The number of rotatable bonds is 7. The molecule has 3 unspecified atom stereocenters. The third kappa shape index (κ3) is 4.95. The van der Waals surface area contributed by atoms with Crippen molar-refractivity contribution >= 4 is 29.9 Å². The molecule has 3 atom stereocenters. The SMILES string of the molecule is CCN=C(NC(C)COC)NC1CC(OCC)C12CCCC2.I. The molecule has 2 fully saturated rings. The summed E-state index contributed by atoms with van der Waals surface area (Å²) < 4.78 is 11.2. The highest BCUT2D eigenvalue weighted by molar-refractivity contribution is 14.0. The molecule has 2 rings (SSSR count). The van der Waals surface area contributed by atoms with Gasteiger partial charge in [0.25, 0.3) is 0 Å². The average Bonchev–Trinajstić information content (AvgIpc) is 2.99. The Hall–Kier alpha value is -0.0800. The topological polar surface area (TPSA) is 54.9 Å². The second-order valence-corrected chi connectivity index (χ2v) is 6.64. The first-order valence-corrected chi connectivity index (χ1v) is 8.84. The zero-order valence-corrected chi connectivity index (χ0v) is 17.4. The van der Waals surface area contributed by atoms with Gasteiger partial charge in [-0.1, -0.05) is 12.8 Å². The minimum Gasteiger partial charge on any atom is -0.383 e. The maximum Gasteiger partial charge on any atom is 0.191 e. The van der Waals surface area contributed by atoms with Crippen LogP contribution in [0.3, 0.4) is 0 Å². The molecule has 0 aromatic carbocycles. The fraction of sp³-hybridized carbons (Fsp3) is 0.941. The highest BCUT2D eigenvalue weighted by Gasteiger charge is 2.56. The Morgan fingerprint density at radius 3 is 2.57 bits per heavy atom. The Kier molecular flexibility index (Phi) is 9.15. The lowest BCUT2D eigenvalue weighted by molar-refractivity contribution is -0.125. The molecule has 6 heteroatoms. The Bertz CT molecular complexity index is 373. The van der Waals surface area contributed by atoms with E-state index in [0.29, 0.717) is 24.2 Å². The van der Waals surface area contributed by atoms with E-state index >= 15 is 0 Å². The van der Waals surface area contributed by atoms with Gasteiger partial charge in [0.2, 0.25) is 0 Å². The van der Waals surface area contributed by atoms with Crippen molar-refractivity contribution in [3.8, 4) is 0 Å². The fourth-order valence-electron chi connectivity index (χ4n) is 4.07. The molecule has 0 aromatic rings. The molecule has 0 saturated heterocycles. The van der Waals surface area contributed by atoms with Crippen LogP contribution in [0.4, 0.5) is 0 Å². The first kappa shape index (κ1) is 21.0. The Balaban J connectivity index is 0.00000264. The summed E-state index contributed by atoms with van der Waals surface area (Å²) in [5.74, 6) is 0.915. The molecule has 0 aromatic heterocycles. The summed E-state index contributed by atoms with van der Waals surface area (Å²) in [6.45, 7) is 8.57. The van der Waals surface area contributed by atoms with E-state index in [1.54, 1.807) is 7.11 Å². The lowest BCUT2D eigenvalue weighted by Gasteiger charge is -2.54. The highest BCUT2D eigenvalue weighted by atomic mass is 127. The molecule has 5 nitrogen and oxygen atoms in total. The smallest absolute Gasteiger partial charge is 0.191 e. The van der Waals surface area contributed by atoms with E-state index in [2.05, 4.69) is 36.4 Å². The van der Waals surface area contributed by atoms with Crippen LogP contribution in [0.2, 0.25) is 0 Å². The van der Waals surface area contributed by atoms with Crippen LogP contribution in [0.15, 0.2) is 4.99 Å². The zero-order chi connectivity index (χ0) is 16.0. The van der Waals surface area contributed by atoms with Gasteiger partial charge in [-0.15, -0.1) is 24.0 Å². The van der Waals surface area contributed by atoms with E-state index in [0.717, 1.165) is 25.5 Å². The number of hydrogen-bond acceptors (Lipinski definition) is 3. The van der Waals surface area contributed by atoms with E-state index in [1.807, 2.05) is 0 Å². The molecule has 2 N–H and O–H groups in total. The van der Waals surface area contributed by atoms with Crippen molar-refractivity contribution < 1.29 is 9.47 Å². The number of guanidine groups is 1. The summed E-state index contributed by atoms with van der Waals surface area (Å²) in [5.41, 5.74) is 0.330. The van der Waals surface area contributed by atoms with E-state index in [9.17, 15) is 0 Å². The van der Waals surface area contributed by atoms with Gasteiger partial charge in [0.05, 0.1) is 12.7 Å². The van der Waals surface area contributed by atoms with E-state index < -0.39 is 0 Å². The maximum absolute atomic E-state index is 5.99. The van der Waals surface area contributed by atoms with Crippen LogP contribution < -0.4 is 10.6 Å². The number of hydrogen-bond donors (Lipinski definition) is 2. The fourth-order valence-corrected chi connectivity index (χ4v) is 4.07. The predicted octanol–water partition coefficient (Wildman–Crippen LogP) is 2.93. The molecule has 0 amide bonds. The molecular weight excluding hydrogens is 405 g/mol. The lowest BCUT2D eigenvalue weighted by atomic mass is 9.60. The van der Waals surface area contributed by atoms with Crippen LogP contribution in [0.25, 0.3) is 0 Å². The van der Waals surface area contributed by atoms with Crippen molar-refractivity contribution in [3.05, 3.63) is 0 Å². The van der Waals surface area contributed by atoms with Gasteiger partial charge < -0.3 is 20.1 Å². The summed E-state index contributed by atoms with van der Waals surface area (Å²) in [4.78, 5) is 4.59. The minimum absolute atomic E-state index is 0.